The Morgan fingerprint density at radius 1 is 1.21 bits per heavy atom. The second-order valence-corrected chi connectivity index (χ2v) is 7.93. The zero-order valence-electron chi connectivity index (χ0n) is 16.3. The number of aliphatic imine (C=N–C) groups is 1. The second-order valence-electron chi connectivity index (χ2n) is 7.06. The molecule has 1 unspecified atom stereocenters. The molecule has 0 radical (unpaired) electrons. The summed E-state index contributed by atoms with van der Waals surface area (Å²) in [5.41, 5.74) is 0.420. The average Bonchev–Trinajstić information content (AvgIpc) is 3.05. The molecule has 2 aromatic rings. The van der Waals surface area contributed by atoms with Gasteiger partial charge >= 0.3 is 0 Å². The lowest BCUT2D eigenvalue weighted by Gasteiger charge is -2.16. The van der Waals surface area contributed by atoms with Gasteiger partial charge in [0.05, 0.1) is 6.10 Å². The molecular weight excluding hydrogens is 516 g/mol. The molecule has 1 aromatic heterocycles. The predicted octanol–water partition coefficient (Wildman–Crippen LogP) is 4.08. The highest BCUT2D eigenvalue weighted by Crippen LogP contribution is 2.23. The van der Waals surface area contributed by atoms with Gasteiger partial charge in [-0.15, -0.1) is 24.0 Å². The van der Waals surface area contributed by atoms with E-state index >= 15 is 0 Å². The van der Waals surface area contributed by atoms with Gasteiger partial charge < -0.3 is 20.3 Å². The third-order valence-electron chi connectivity index (χ3n) is 3.57. The number of hydrogen-bond acceptors (Lipinski definition) is 5. The molecule has 0 saturated carbocycles. The summed E-state index contributed by atoms with van der Waals surface area (Å²) >= 11 is 12.0. The molecule has 0 aliphatic rings. The van der Waals surface area contributed by atoms with E-state index in [-0.39, 0.29) is 42.5 Å². The first-order valence-corrected chi connectivity index (χ1v) is 9.44. The fourth-order valence-corrected chi connectivity index (χ4v) is 2.74. The summed E-state index contributed by atoms with van der Waals surface area (Å²) < 4.78 is 5.26. The van der Waals surface area contributed by atoms with Crippen molar-refractivity contribution >= 4 is 53.1 Å². The summed E-state index contributed by atoms with van der Waals surface area (Å²) in [7, 11) is 0. The highest BCUT2D eigenvalue weighted by Gasteiger charge is 2.21. The molecule has 2 rings (SSSR count). The van der Waals surface area contributed by atoms with Crippen LogP contribution in [0.2, 0.25) is 10.0 Å². The number of nitrogens with zero attached hydrogens (tertiary/aromatic N) is 3. The van der Waals surface area contributed by atoms with Crippen LogP contribution in [0.15, 0.2) is 27.7 Å². The van der Waals surface area contributed by atoms with E-state index in [0.717, 1.165) is 0 Å². The van der Waals surface area contributed by atoms with Crippen LogP contribution in [0.5, 0.6) is 0 Å². The second kappa shape index (κ2) is 11.2. The van der Waals surface area contributed by atoms with E-state index in [9.17, 15) is 5.11 Å². The molecule has 0 amide bonds. The third kappa shape index (κ3) is 7.73. The van der Waals surface area contributed by atoms with Gasteiger partial charge in [-0.25, -0.2) is 4.99 Å². The highest BCUT2D eigenvalue weighted by molar-refractivity contribution is 14.0. The van der Waals surface area contributed by atoms with Crippen LogP contribution in [-0.4, -0.2) is 34.3 Å². The van der Waals surface area contributed by atoms with Crippen LogP contribution in [0.25, 0.3) is 0 Å². The van der Waals surface area contributed by atoms with Gasteiger partial charge in [0.2, 0.25) is 5.89 Å². The normalized spacial score (nSPS) is 13.0. The monoisotopic (exact) mass is 541 g/mol. The standard InChI is InChI=1S/C18H25Cl2N5O2.HI/c1-5-21-17(23-10-15-24-16(27-25-15)18(2,3)4)22-9-14(26)11-6-12(19)8-13(20)7-11;/h6-8,14,26H,5,9-10H2,1-4H3,(H2,21,22,23);1H. The number of aliphatic hydroxyl groups is 1. The van der Waals surface area contributed by atoms with Gasteiger partial charge in [0.1, 0.15) is 6.54 Å². The quantitative estimate of drug-likeness (QED) is 0.290. The zero-order chi connectivity index (χ0) is 20.0. The number of halogens is 3. The van der Waals surface area contributed by atoms with E-state index in [4.69, 9.17) is 27.7 Å². The van der Waals surface area contributed by atoms with Crippen LogP contribution in [0, 0.1) is 0 Å². The minimum absolute atomic E-state index is 0. The fourth-order valence-electron chi connectivity index (χ4n) is 2.19. The minimum atomic E-state index is -0.789. The van der Waals surface area contributed by atoms with Crippen molar-refractivity contribution in [1.29, 1.82) is 0 Å². The molecule has 1 heterocycles. The van der Waals surface area contributed by atoms with Crippen molar-refractivity contribution in [3.8, 4) is 0 Å². The molecule has 0 bridgehead atoms. The molecule has 3 N–H and O–H groups in total. The summed E-state index contributed by atoms with van der Waals surface area (Å²) in [6.07, 6.45) is -0.789. The Kier molecular flexibility index (Phi) is 9.96. The lowest BCUT2D eigenvalue weighted by atomic mass is 9.97. The van der Waals surface area contributed by atoms with Gasteiger partial charge in [0.25, 0.3) is 0 Å². The van der Waals surface area contributed by atoms with E-state index in [1.54, 1.807) is 18.2 Å². The van der Waals surface area contributed by atoms with Crippen LogP contribution in [0.3, 0.4) is 0 Å². The maximum Gasteiger partial charge on any atom is 0.232 e. The van der Waals surface area contributed by atoms with Crippen LogP contribution in [0.1, 0.15) is 51.1 Å². The van der Waals surface area contributed by atoms with E-state index < -0.39 is 6.10 Å². The SMILES string of the molecule is CCNC(=NCc1noc(C(C)(C)C)n1)NCC(O)c1cc(Cl)cc(Cl)c1.I. The van der Waals surface area contributed by atoms with Crippen molar-refractivity contribution < 1.29 is 9.63 Å². The summed E-state index contributed by atoms with van der Waals surface area (Å²) in [4.78, 5) is 8.78. The van der Waals surface area contributed by atoms with Crippen LogP contribution < -0.4 is 10.6 Å². The number of aromatic nitrogens is 2. The summed E-state index contributed by atoms with van der Waals surface area (Å²) in [5.74, 6) is 1.60. The Morgan fingerprint density at radius 2 is 1.86 bits per heavy atom. The number of hydrogen-bond donors (Lipinski definition) is 3. The Labute approximate surface area is 192 Å². The zero-order valence-corrected chi connectivity index (χ0v) is 20.1. The first kappa shape index (κ1) is 24.9. The van der Waals surface area contributed by atoms with Crippen molar-refractivity contribution in [3.05, 3.63) is 45.5 Å². The van der Waals surface area contributed by atoms with Crippen molar-refractivity contribution in [1.82, 2.24) is 20.8 Å². The number of rotatable bonds is 6. The maximum absolute atomic E-state index is 10.4. The molecule has 0 saturated heterocycles. The predicted molar refractivity (Wildman–Crippen MR) is 123 cm³/mol. The van der Waals surface area contributed by atoms with Gasteiger partial charge in [-0.05, 0) is 30.7 Å². The van der Waals surface area contributed by atoms with Crippen molar-refractivity contribution in [3.63, 3.8) is 0 Å². The molecule has 28 heavy (non-hydrogen) atoms. The molecule has 7 nitrogen and oxygen atoms in total. The topological polar surface area (TPSA) is 95.6 Å². The van der Waals surface area contributed by atoms with E-state index in [2.05, 4.69) is 25.8 Å². The largest absolute Gasteiger partial charge is 0.387 e. The smallest absolute Gasteiger partial charge is 0.232 e. The summed E-state index contributed by atoms with van der Waals surface area (Å²) in [5, 5.41) is 21.5. The Hall–Kier alpha value is -1.10. The third-order valence-corrected chi connectivity index (χ3v) is 4.00. The molecule has 0 aliphatic carbocycles. The van der Waals surface area contributed by atoms with E-state index in [0.29, 0.717) is 39.8 Å². The molecule has 0 aliphatic heterocycles. The van der Waals surface area contributed by atoms with Crippen molar-refractivity contribution in [2.45, 2.75) is 45.8 Å². The molecule has 0 spiro atoms. The molecule has 10 heteroatoms. The Morgan fingerprint density at radius 3 is 2.39 bits per heavy atom. The van der Waals surface area contributed by atoms with Crippen molar-refractivity contribution in [2.24, 2.45) is 4.99 Å². The molecule has 1 atom stereocenters. The fraction of sp³-hybridized carbons (Fsp3) is 0.500. The molecule has 156 valence electrons. The first-order chi connectivity index (χ1) is 12.7. The maximum atomic E-state index is 10.4. The van der Waals surface area contributed by atoms with E-state index in [1.807, 2.05) is 27.7 Å². The van der Waals surface area contributed by atoms with Gasteiger partial charge in [0.15, 0.2) is 11.8 Å². The Bertz CT molecular complexity index is 772. The van der Waals surface area contributed by atoms with E-state index in [1.165, 1.54) is 0 Å². The lowest BCUT2D eigenvalue weighted by molar-refractivity contribution is 0.181. The van der Waals surface area contributed by atoms with Crippen LogP contribution in [0.4, 0.5) is 0 Å². The van der Waals surface area contributed by atoms with Gasteiger partial charge in [0, 0.05) is 28.5 Å². The van der Waals surface area contributed by atoms with Gasteiger partial charge in [-0.1, -0.05) is 49.1 Å². The van der Waals surface area contributed by atoms with Crippen molar-refractivity contribution in [2.75, 3.05) is 13.1 Å². The minimum Gasteiger partial charge on any atom is -0.387 e. The first-order valence-electron chi connectivity index (χ1n) is 8.68. The van der Waals surface area contributed by atoms with Crippen LogP contribution in [-0.2, 0) is 12.0 Å². The number of guanidine groups is 1. The average molecular weight is 542 g/mol. The van der Waals surface area contributed by atoms with Gasteiger partial charge in [-0.2, -0.15) is 4.98 Å². The molecular formula is C18H26Cl2IN5O2. The lowest BCUT2D eigenvalue weighted by Crippen LogP contribution is -2.39. The number of aliphatic hydroxyl groups excluding tert-OH is 1. The van der Waals surface area contributed by atoms with Gasteiger partial charge in [-0.3, -0.25) is 0 Å². The number of nitrogens with one attached hydrogen (secondary N) is 2. The Balaban J connectivity index is 0.00000392. The molecule has 1 aromatic carbocycles. The summed E-state index contributed by atoms with van der Waals surface area (Å²) in [6, 6.07) is 4.98. The highest BCUT2D eigenvalue weighted by atomic mass is 127. The number of benzene rings is 1. The summed E-state index contributed by atoms with van der Waals surface area (Å²) in [6.45, 7) is 9.13. The van der Waals surface area contributed by atoms with Crippen LogP contribution >= 0.6 is 47.2 Å². The molecule has 0 fully saturated rings.